The first-order valence-corrected chi connectivity index (χ1v) is 7.69. The Labute approximate surface area is 123 Å². The summed E-state index contributed by atoms with van der Waals surface area (Å²) in [5, 5.41) is 3.19. The lowest BCUT2D eigenvalue weighted by atomic mass is 9.94. The zero-order valence-corrected chi connectivity index (χ0v) is 12.9. The van der Waals surface area contributed by atoms with Gasteiger partial charge in [-0.2, -0.15) is 0 Å². The van der Waals surface area contributed by atoms with Gasteiger partial charge in [-0.3, -0.25) is 4.79 Å². The van der Waals surface area contributed by atoms with Gasteiger partial charge in [-0.25, -0.2) is 0 Å². The molecule has 1 saturated heterocycles. The second-order valence-corrected chi connectivity index (χ2v) is 6.07. The lowest BCUT2D eigenvalue weighted by molar-refractivity contribution is 0.0668. The molecule has 1 atom stereocenters. The smallest absolute Gasteiger partial charge is 0.253 e. The molecule has 1 aliphatic rings. The second-order valence-electron chi connectivity index (χ2n) is 5.16. The number of likely N-dealkylation sites (tertiary alicyclic amines) is 1. The lowest BCUT2D eigenvalue weighted by Crippen LogP contribution is -2.40. The molecule has 1 amide bonds. The molecular formula is C15H21BrN2O. The van der Waals surface area contributed by atoms with Crippen LogP contribution in [-0.4, -0.2) is 37.5 Å². The predicted molar refractivity (Wildman–Crippen MR) is 81.3 cm³/mol. The van der Waals surface area contributed by atoms with Gasteiger partial charge >= 0.3 is 0 Å². The van der Waals surface area contributed by atoms with Gasteiger partial charge in [0.25, 0.3) is 5.91 Å². The Kier molecular flexibility index (Phi) is 5.40. The van der Waals surface area contributed by atoms with E-state index in [1.807, 2.05) is 36.2 Å². The first kappa shape index (κ1) is 14.5. The number of amides is 1. The Morgan fingerprint density at radius 2 is 2.16 bits per heavy atom. The summed E-state index contributed by atoms with van der Waals surface area (Å²) in [6.45, 7) is 2.83. The van der Waals surface area contributed by atoms with Crippen LogP contribution in [0.1, 0.15) is 29.6 Å². The molecule has 1 aromatic rings. The number of hydrogen-bond acceptors (Lipinski definition) is 2. The van der Waals surface area contributed by atoms with Gasteiger partial charge in [0.15, 0.2) is 0 Å². The van der Waals surface area contributed by atoms with Gasteiger partial charge in [0.2, 0.25) is 0 Å². The summed E-state index contributed by atoms with van der Waals surface area (Å²) in [5.74, 6) is 0.808. The summed E-state index contributed by atoms with van der Waals surface area (Å²) in [6.07, 6.45) is 3.52. The van der Waals surface area contributed by atoms with Crippen LogP contribution in [0.3, 0.4) is 0 Å². The Morgan fingerprint density at radius 1 is 1.42 bits per heavy atom. The number of halogens is 1. The number of benzene rings is 1. The molecule has 104 valence electrons. The van der Waals surface area contributed by atoms with Crippen molar-refractivity contribution < 1.29 is 4.79 Å². The Morgan fingerprint density at radius 3 is 2.84 bits per heavy atom. The van der Waals surface area contributed by atoms with Gasteiger partial charge in [-0.15, -0.1) is 0 Å². The van der Waals surface area contributed by atoms with Gasteiger partial charge in [-0.1, -0.05) is 15.9 Å². The van der Waals surface area contributed by atoms with Crippen molar-refractivity contribution in [3.05, 3.63) is 34.3 Å². The lowest BCUT2D eigenvalue weighted by Gasteiger charge is -2.33. The van der Waals surface area contributed by atoms with E-state index in [4.69, 9.17) is 0 Å². The molecule has 1 aromatic carbocycles. The molecule has 4 heteroatoms. The molecule has 0 aliphatic carbocycles. The summed E-state index contributed by atoms with van der Waals surface area (Å²) in [4.78, 5) is 14.4. The van der Waals surface area contributed by atoms with Gasteiger partial charge in [-0.05, 0) is 63.0 Å². The molecule has 0 saturated carbocycles. The van der Waals surface area contributed by atoms with Crippen LogP contribution in [0.5, 0.6) is 0 Å². The fraction of sp³-hybridized carbons (Fsp3) is 0.533. The molecule has 1 unspecified atom stereocenters. The first-order chi connectivity index (χ1) is 9.20. The maximum atomic E-state index is 12.4. The quantitative estimate of drug-likeness (QED) is 0.923. The minimum atomic E-state index is 0.168. The van der Waals surface area contributed by atoms with Crippen molar-refractivity contribution in [2.75, 3.05) is 26.7 Å². The van der Waals surface area contributed by atoms with Crippen molar-refractivity contribution in [3.8, 4) is 0 Å². The third-order valence-corrected chi connectivity index (χ3v) is 4.23. The van der Waals surface area contributed by atoms with Crippen molar-refractivity contribution in [1.29, 1.82) is 0 Å². The molecule has 19 heavy (non-hydrogen) atoms. The second kappa shape index (κ2) is 7.06. The number of rotatable bonds is 4. The normalized spacial score (nSPS) is 19.5. The van der Waals surface area contributed by atoms with Crippen molar-refractivity contribution in [2.24, 2.45) is 5.92 Å². The van der Waals surface area contributed by atoms with E-state index in [0.717, 1.165) is 42.5 Å². The number of hydrogen-bond donors (Lipinski definition) is 1. The maximum Gasteiger partial charge on any atom is 0.253 e. The number of carbonyl (C=O) groups excluding carboxylic acids is 1. The minimum Gasteiger partial charge on any atom is -0.338 e. The monoisotopic (exact) mass is 324 g/mol. The maximum absolute atomic E-state index is 12.4. The SMILES string of the molecule is CNCCC1CCCN(C(=O)c2ccc(Br)cc2)C1. The highest BCUT2D eigenvalue weighted by Gasteiger charge is 2.23. The molecule has 1 aliphatic heterocycles. The molecule has 0 aromatic heterocycles. The van der Waals surface area contributed by atoms with E-state index in [1.165, 1.54) is 6.42 Å². The number of carbonyl (C=O) groups is 1. The highest BCUT2D eigenvalue weighted by molar-refractivity contribution is 9.10. The van der Waals surface area contributed by atoms with E-state index in [9.17, 15) is 4.79 Å². The molecule has 0 bridgehead atoms. The van der Waals surface area contributed by atoms with Crippen LogP contribution in [0.2, 0.25) is 0 Å². The average Bonchev–Trinajstić information content (AvgIpc) is 2.45. The third kappa shape index (κ3) is 4.05. The van der Waals surface area contributed by atoms with Crippen LogP contribution in [0.4, 0.5) is 0 Å². The fourth-order valence-electron chi connectivity index (χ4n) is 2.61. The van der Waals surface area contributed by atoms with E-state index in [0.29, 0.717) is 5.92 Å². The highest BCUT2D eigenvalue weighted by atomic mass is 79.9. The number of nitrogens with zero attached hydrogens (tertiary/aromatic N) is 1. The van der Waals surface area contributed by atoms with Gasteiger partial charge < -0.3 is 10.2 Å². The standard InChI is InChI=1S/C15H21BrN2O/c1-17-9-8-12-3-2-10-18(11-12)15(19)13-4-6-14(16)7-5-13/h4-7,12,17H,2-3,8-11H2,1H3. The van der Waals surface area contributed by atoms with Crippen LogP contribution in [0.25, 0.3) is 0 Å². The Balaban J connectivity index is 1.96. The first-order valence-electron chi connectivity index (χ1n) is 6.90. The summed E-state index contributed by atoms with van der Waals surface area (Å²) >= 11 is 3.40. The summed E-state index contributed by atoms with van der Waals surface area (Å²) in [6, 6.07) is 7.64. The molecule has 0 spiro atoms. The molecule has 1 heterocycles. The van der Waals surface area contributed by atoms with Crippen LogP contribution >= 0.6 is 15.9 Å². The fourth-order valence-corrected chi connectivity index (χ4v) is 2.87. The zero-order valence-electron chi connectivity index (χ0n) is 11.4. The van der Waals surface area contributed by atoms with Crippen LogP contribution < -0.4 is 5.32 Å². The molecule has 1 fully saturated rings. The van der Waals surface area contributed by atoms with E-state index < -0.39 is 0 Å². The van der Waals surface area contributed by atoms with E-state index in [1.54, 1.807) is 0 Å². The van der Waals surface area contributed by atoms with Crippen molar-refractivity contribution in [2.45, 2.75) is 19.3 Å². The van der Waals surface area contributed by atoms with Crippen molar-refractivity contribution in [1.82, 2.24) is 10.2 Å². The molecule has 0 radical (unpaired) electrons. The van der Waals surface area contributed by atoms with Crippen LogP contribution in [0, 0.1) is 5.92 Å². The number of piperidine rings is 1. The van der Waals surface area contributed by atoms with Crippen molar-refractivity contribution in [3.63, 3.8) is 0 Å². The van der Waals surface area contributed by atoms with Gasteiger partial charge in [0.05, 0.1) is 0 Å². The Hall–Kier alpha value is -0.870. The third-order valence-electron chi connectivity index (χ3n) is 3.70. The topological polar surface area (TPSA) is 32.3 Å². The van der Waals surface area contributed by atoms with Gasteiger partial charge in [0.1, 0.15) is 0 Å². The largest absolute Gasteiger partial charge is 0.338 e. The zero-order chi connectivity index (χ0) is 13.7. The van der Waals surface area contributed by atoms with Crippen molar-refractivity contribution >= 4 is 21.8 Å². The average molecular weight is 325 g/mol. The summed E-state index contributed by atoms with van der Waals surface area (Å²) in [5.41, 5.74) is 0.789. The number of nitrogens with one attached hydrogen (secondary N) is 1. The minimum absolute atomic E-state index is 0.168. The summed E-state index contributed by atoms with van der Waals surface area (Å²) in [7, 11) is 1.98. The molecule has 2 rings (SSSR count). The van der Waals surface area contributed by atoms with Gasteiger partial charge in [0, 0.05) is 23.1 Å². The highest BCUT2D eigenvalue weighted by Crippen LogP contribution is 2.21. The predicted octanol–water partition coefficient (Wildman–Crippen LogP) is 2.91. The van der Waals surface area contributed by atoms with E-state index >= 15 is 0 Å². The molecular weight excluding hydrogens is 304 g/mol. The molecule has 1 N–H and O–H groups in total. The molecule has 3 nitrogen and oxygen atoms in total. The van der Waals surface area contributed by atoms with Crippen LogP contribution in [-0.2, 0) is 0 Å². The van der Waals surface area contributed by atoms with E-state index in [-0.39, 0.29) is 5.91 Å². The van der Waals surface area contributed by atoms with Crippen LogP contribution in [0.15, 0.2) is 28.7 Å². The van der Waals surface area contributed by atoms with E-state index in [2.05, 4.69) is 21.2 Å². The summed E-state index contributed by atoms with van der Waals surface area (Å²) < 4.78 is 1.01. The Bertz CT molecular complexity index is 419.